The minimum absolute atomic E-state index is 0.0526. The van der Waals surface area contributed by atoms with E-state index < -0.39 is 0 Å². The third kappa shape index (κ3) is 2.93. The lowest BCUT2D eigenvalue weighted by Crippen LogP contribution is -2.13. The number of amidine groups is 1. The largest absolute Gasteiger partial charge is 0.382 e. The summed E-state index contributed by atoms with van der Waals surface area (Å²) in [5.41, 5.74) is 5.71. The van der Waals surface area contributed by atoms with Crippen molar-refractivity contribution < 1.29 is 4.74 Å². The molecule has 16 heavy (non-hydrogen) atoms. The lowest BCUT2D eigenvalue weighted by atomic mass is 10.3. The summed E-state index contributed by atoms with van der Waals surface area (Å²) in [6.07, 6.45) is 5.81. The highest BCUT2D eigenvalue weighted by Gasteiger charge is 2.15. The van der Waals surface area contributed by atoms with Crippen LogP contribution in [0.5, 0.6) is 0 Å². The average molecular weight is 238 g/mol. The van der Waals surface area contributed by atoms with Gasteiger partial charge in [0.2, 0.25) is 0 Å². The number of nitrogens with zero attached hydrogens (tertiary/aromatic N) is 2. The van der Waals surface area contributed by atoms with Gasteiger partial charge in [0.05, 0.1) is 18.5 Å². The van der Waals surface area contributed by atoms with Crippen LogP contribution < -0.4 is 5.73 Å². The van der Waals surface area contributed by atoms with E-state index in [-0.39, 0.29) is 5.84 Å². The van der Waals surface area contributed by atoms with Crippen LogP contribution in [0.3, 0.4) is 0 Å². The number of nitrogens with two attached hydrogens (primary N) is 1. The molecule has 0 aromatic carbocycles. The molecule has 2 heterocycles. The first-order valence-corrected chi connectivity index (χ1v) is 6.15. The van der Waals surface area contributed by atoms with Crippen molar-refractivity contribution in [3.8, 4) is 0 Å². The highest BCUT2D eigenvalue weighted by molar-refractivity contribution is 7.99. The van der Waals surface area contributed by atoms with Crippen LogP contribution in [0.25, 0.3) is 0 Å². The maximum atomic E-state index is 7.19. The minimum atomic E-state index is -0.0526. The number of rotatable bonds is 4. The van der Waals surface area contributed by atoms with Gasteiger partial charge in [0.25, 0.3) is 0 Å². The second-order valence-electron chi connectivity index (χ2n) is 3.60. The zero-order valence-corrected chi connectivity index (χ0v) is 9.67. The van der Waals surface area contributed by atoms with Crippen molar-refractivity contribution in [2.45, 2.75) is 24.0 Å². The lowest BCUT2D eigenvalue weighted by Gasteiger charge is -2.07. The van der Waals surface area contributed by atoms with Gasteiger partial charge in [-0.25, -0.2) is 9.97 Å². The fourth-order valence-electron chi connectivity index (χ4n) is 1.48. The summed E-state index contributed by atoms with van der Waals surface area (Å²) >= 11 is 1.63. The molecule has 1 atom stereocenters. The fraction of sp³-hybridized carbons (Fsp3) is 0.500. The Kier molecular flexibility index (Phi) is 3.74. The van der Waals surface area contributed by atoms with E-state index in [0.29, 0.717) is 11.8 Å². The van der Waals surface area contributed by atoms with E-state index in [4.69, 9.17) is 15.9 Å². The molecule has 1 fully saturated rings. The van der Waals surface area contributed by atoms with E-state index in [2.05, 4.69) is 9.97 Å². The summed E-state index contributed by atoms with van der Waals surface area (Å²) in [5, 5.41) is 8.04. The number of nitrogen functional groups attached to an aromatic ring is 1. The van der Waals surface area contributed by atoms with Crippen LogP contribution in [0.2, 0.25) is 0 Å². The summed E-state index contributed by atoms with van der Waals surface area (Å²) < 4.78 is 5.51. The summed E-state index contributed by atoms with van der Waals surface area (Å²) in [7, 11) is 0. The van der Waals surface area contributed by atoms with Gasteiger partial charge >= 0.3 is 0 Å². The summed E-state index contributed by atoms with van der Waals surface area (Å²) in [6.45, 7) is 0.875. The number of nitrogens with one attached hydrogen (secondary N) is 1. The van der Waals surface area contributed by atoms with Gasteiger partial charge in [0.1, 0.15) is 16.6 Å². The highest BCUT2D eigenvalue weighted by Crippen LogP contribution is 2.21. The monoisotopic (exact) mass is 238 g/mol. The molecular weight excluding hydrogens is 224 g/mol. The maximum absolute atomic E-state index is 7.19. The van der Waals surface area contributed by atoms with Crippen LogP contribution in [0, 0.1) is 5.41 Å². The number of thioether (sulfide) groups is 1. The van der Waals surface area contributed by atoms with E-state index in [9.17, 15) is 0 Å². The zero-order valence-electron chi connectivity index (χ0n) is 8.85. The van der Waals surface area contributed by atoms with Gasteiger partial charge in [-0.3, -0.25) is 5.41 Å². The Morgan fingerprint density at radius 1 is 1.56 bits per heavy atom. The minimum Gasteiger partial charge on any atom is -0.382 e. The van der Waals surface area contributed by atoms with E-state index in [0.717, 1.165) is 30.2 Å². The summed E-state index contributed by atoms with van der Waals surface area (Å²) in [4.78, 5) is 8.23. The van der Waals surface area contributed by atoms with Crippen molar-refractivity contribution >= 4 is 17.6 Å². The molecule has 0 aliphatic carbocycles. The second-order valence-corrected chi connectivity index (χ2v) is 4.64. The smallest absolute Gasteiger partial charge is 0.143 e. The third-order valence-electron chi connectivity index (χ3n) is 2.35. The Morgan fingerprint density at radius 2 is 2.44 bits per heavy atom. The van der Waals surface area contributed by atoms with E-state index in [1.54, 1.807) is 18.0 Å². The van der Waals surface area contributed by atoms with Crippen molar-refractivity contribution in [3.05, 3.63) is 18.1 Å². The third-order valence-corrected chi connectivity index (χ3v) is 3.39. The second kappa shape index (κ2) is 5.27. The molecule has 0 bridgehead atoms. The van der Waals surface area contributed by atoms with Crippen LogP contribution in [-0.2, 0) is 4.74 Å². The topological polar surface area (TPSA) is 84.9 Å². The standard InChI is InChI=1S/C10H14N4OS/c11-10(12)8-4-14-9(5-13-8)16-6-7-2-1-3-15-7/h4-5,7H,1-3,6H2,(H3,11,12). The Balaban J connectivity index is 1.87. The van der Waals surface area contributed by atoms with Gasteiger partial charge in [-0.15, -0.1) is 11.8 Å². The highest BCUT2D eigenvalue weighted by atomic mass is 32.2. The molecule has 3 N–H and O–H groups in total. The Hall–Kier alpha value is -1.14. The Morgan fingerprint density at radius 3 is 3.00 bits per heavy atom. The van der Waals surface area contributed by atoms with E-state index in [1.165, 1.54) is 6.20 Å². The first-order valence-electron chi connectivity index (χ1n) is 5.16. The Labute approximate surface area is 98.3 Å². The van der Waals surface area contributed by atoms with Gasteiger partial charge in [-0.05, 0) is 12.8 Å². The first kappa shape index (κ1) is 11.3. The zero-order chi connectivity index (χ0) is 11.4. The van der Waals surface area contributed by atoms with Crippen LogP contribution in [0.15, 0.2) is 17.4 Å². The Bertz CT molecular complexity index is 362. The van der Waals surface area contributed by atoms with Gasteiger partial charge < -0.3 is 10.5 Å². The van der Waals surface area contributed by atoms with Crippen LogP contribution >= 0.6 is 11.8 Å². The van der Waals surface area contributed by atoms with Crippen molar-refractivity contribution in [2.24, 2.45) is 5.73 Å². The van der Waals surface area contributed by atoms with Crippen LogP contribution in [-0.4, -0.2) is 34.3 Å². The van der Waals surface area contributed by atoms with Crippen molar-refractivity contribution in [1.82, 2.24) is 9.97 Å². The van der Waals surface area contributed by atoms with Gasteiger partial charge in [-0.2, -0.15) is 0 Å². The quantitative estimate of drug-likeness (QED) is 0.465. The summed E-state index contributed by atoms with van der Waals surface area (Å²) in [6, 6.07) is 0. The molecule has 0 saturated carbocycles. The molecule has 1 unspecified atom stereocenters. The molecule has 0 amide bonds. The predicted molar refractivity (Wildman–Crippen MR) is 62.7 cm³/mol. The van der Waals surface area contributed by atoms with Crippen molar-refractivity contribution in [3.63, 3.8) is 0 Å². The van der Waals surface area contributed by atoms with Crippen molar-refractivity contribution in [2.75, 3.05) is 12.4 Å². The maximum Gasteiger partial charge on any atom is 0.143 e. The number of ether oxygens (including phenoxy) is 1. The number of hydrogen-bond donors (Lipinski definition) is 2. The molecule has 1 saturated heterocycles. The molecule has 0 spiro atoms. The molecule has 86 valence electrons. The van der Waals surface area contributed by atoms with Gasteiger partial charge in [-0.1, -0.05) is 0 Å². The van der Waals surface area contributed by atoms with E-state index in [1.807, 2.05) is 0 Å². The number of aromatic nitrogens is 2. The van der Waals surface area contributed by atoms with Gasteiger partial charge in [0, 0.05) is 12.4 Å². The molecule has 0 radical (unpaired) electrons. The first-order chi connectivity index (χ1) is 7.75. The SMILES string of the molecule is N=C(N)c1cnc(SCC2CCCO2)cn1. The van der Waals surface area contributed by atoms with Crippen molar-refractivity contribution in [1.29, 1.82) is 5.41 Å². The summed E-state index contributed by atoms with van der Waals surface area (Å²) in [5.74, 6) is 0.858. The molecule has 5 nitrogen and oxygen atoms in total. The molecule has 6 heteroatoms. The molecule has 1 aliphatic rings. The van der Waals surface area contributed by atoms with Gasteiger partial charge in [0.15, 0.2) is 0 Å². The molecule has 1 aromatic rings. The predicted octanol–water partition coefficient (Wildman–Crippen LogP) is 1.03. The lowest BCUT2D eigenvalue weighted by molar-refractivity contribution is 0.129. The van der Waals surface area contributed by atoms with E-state index >= 15 is 0 Å². The molecular formula is C10H14N4OS. The molecule has 2 rings (SSSR count). The van der Waals surface area contributed by atoms with Crippen LogP contribution in [0.4, 0.5) is 0 Å². The number of hydrogen-bond acceptors (Lipinski definition) is 5. The molecule has 1 aliphatic heterocycles. The fourth-order valence-corrected chi connectivity index (χ4v) is 2.36. The molecule has 1 aromatic heterocycles. The van der Waals surface area contributed by atoms with Crippen LogP contribution in [0.1, 0.15) is 18.5 Å². The average Bonchev–Trinajstić information content (AvgIpc) is 2.80. The normalized spacial score (nSPS) is 19.9.